The third-order valence-corrected chi connectivity index (χ3v) is 6.89. The van der Waals surface area contributed by atoms with Gasteiger partial charge in [-0.1, -0.05) is 0 Å². The molecule has 1 atom stereocenters. The van der Waals surface area contributed by atoms with Gasteiger partial charge in [-0.2, -0.15) is 5.10 Å². The Balaban J connectivity index is 1.57. The lowest BCUT2D eigenvalue weighted by atomic mass is 10.2. The first-order chi connectivity index (χ1) is 13.3. The van der Waals surface area contributed by atoms with Gasteiger partial charge in [-0.3, -0.25) is 4.72 Å². The Hall–Kier alpha value is -2.46. The summed E-state index contributed by atoms with van der Waals surface area (Å²) in [6.45, 7) is 4.03. The number of aryl methyl sites for hydroxylation is 1. The third kappa shape index (κ3) is 3.88. The van der Waals surface area contributed by atoms with Gasteiger partial charge in [-0.25, -0.2) is 22.5 Å². The van der Waals surface area contributed by atoms with Crippen molar-refractivity contribution in [3.63, 3.8) is 0 Å². The maximum absolute atomic E-state index is 14.6. The van der Waals surface area contributed by atoms with E-state index in [1.54, 1.807) is 5.38 Å². The number of rotatable bonds is 7. The zero-order valence-electron chi connectivity index (χ0n) is 15.4. The van der Waals surface area contributed by atoms with Gasteiger partial charge in [0.1, 0.15) is 16.5 Å². The molecule has 3 aromatic rings. The Morgan fingerprint density at radius 3 is 2.75 bits per heavy atom. The zero-order chi connectivity index (χ0) is 19.9. The van der Waals surface area contributed by atoms with Crippen molar-refractivity contribution in [1.29, 1.82) is 0 Å². The topological polar surface area (TPSA) is 88.9 Å². The van der Waals surface area contributed by atoms with E-state index >= 15 is 0 Å². The maximum atomic E-state index is 14.6. The van der Waals surface area contributed by atoms with Crippen LogP contribution in [-0.2, 0) is 10.0 Å². The maximum Gasteiger partial charge on any atom is 0.266 e. The van der Waals surface area contributed by atoms with E-state index in [4.69, 9.17) is 0 Å². The van der Waals surface area contributed by atoms with E-state index in [1.807, 2.05) is 17.7 Å². The van der Waals surface area contributed by atoms with E-state index in [0.717, 1.165) is 22.8 Å². The summed E-state index contributed by atoms with van der Waals surface area (Å²) in [6.07, 6.45) is 3.85. The van der Waals surface area contributed by atoms with Gasteiger partial charge in [0, 0.05) is 23.3 Å². The van der Waals surface area contributed by atoms with Crippen LogP contribution in [0.5, 0.6) is 0 Å². The minimum atomic E-state index is -4.05. The second kappa shape index (κ2) is 7.17. The van der Waals surface area contributed by atoms with Crippen LogP contribution < -0.4 is 10.0 Å². The summed E-state index contributed by atoms with van der Waals surface area (Å²) in [4.78, 5) is 3.43. The highest BCUT2D eigenvalue weighted by molar-refractivity contribution is 7.93. The number of nitrogens with one attached hydrogen (secondary N) is 2. The molecule has 10 heteroatoms. The molecule has 2 aromatic heterocycles. The first-order valence-electron chi connectivity index (χ1n) is 8.88. The second-order valence-corrected chi connectivity index (χ2v) is 9.45. The fourth-order valence-electron chi connectivity index (χ4n) is 3.09. The number of thiazole rings is 1. The summed E-state index contributed by atoms with van der Waals surface area (Å²) in [6, 6.07) is 6.10. The predicted molar refractivity (Wildman–Crippen MR) is 107 cm³/mol. The van der Waals surface area contributed by atoms with Crippen molar-refractivity contribution in [3.8, 4) is 0 Å². The van der Waals surface area contributed by atoms with Crippen molar-refractivity contribution < 1.29 is 12.8 Å². The summed E-state index contributed by atoms with van der Waals surface area (Å²) in [5.41, 5.74) is 1.32. The first kappa shape index (κ1) is 18.9. The summed E-state index contributed by atoms with van der Waals surface area (Å²) in [5, 5.41) is 9.52. The average Bonchev–Trinajstić information content (AvgIpc) is 3.25. The molecule has 2 N–H and O–H groups in total. The highest BCUT2D eigenvalue weighted by Crippen LogP contribution is 2.40. The van der Waals surface area contributed by atoms with Gasteiger partial charge in [0.05, 0.1) is 11.7 Å². The molecular weight excluding hydrogens is 401 g/mol. The number of anilines is 3. The number of hydrogen-bond donors (Lipinski definition) is 2. The van der Waals surface area contributed by atoms with Crippen LogP contribution in [0.4, 0.5) is 21.0 Å². The van der Waals surface area contributed by atoms with Crippen molar-refractivity contribution in [1.82, 2.24) is 14.8 Å². The van der Waals surface area contributed by atoms with Crippen molar-refractivity contribution in [3.05, 3.63) is 47.4 Å². The summed E-state index contributed by atoms with van der Waals surface area (Å²) in [7, 11) is -4.05. The molecule has 0 radical (unpaired) electrons. The minimum Gasteiger partial charge on any atom is -0.340 e. The average molecular weight is 422 g/mol. The van der Waals surface area contributed by atoms with Gasteiger partial charge >= 0.3 is 0 Å². The number of sulfonamides is 1. The van der Waals surface area contributed by atoms with Crippen LogP contribution in [0.25, 0.3) is 0 Å². The molecule has 1 fully saturated rings. The van der Waals surface area contributed by atoms with E-state index in [1.165, 1.54) is 37.2 Å². The quantitative estimate of drug-likeness (QED) is 0.594. The molecule has 28 heavy (non-hydrogen) atoms. The molecule has 2 heterocycles. The molecular formula is C18H20FN5O2S2. The van der Waals surface area contributed by atoms with Crippen molar-refractivity contribution in [2.45, 2.75) is 37.6 Å². The minimum absolute atomic E-state index is 0.190. The molecule has 0 aliphatic heterocycles. The van der Waals surface area contributed by atoms with Crippen LogP contribution in [0.2, 0.25) is 0 Å². The number of nitrogens with zero attached hydrogens (tertiary/aromatic N) is 3. The van der Waals surface area contributed by atoms with Crippen LogP contribution in [0, 0.1) is 18.7 Å². The van der Waals surface area contributed by atoms with Gasteiger partial charge in [0.25, 0.3) is 10.0 Å². The SMILES string of the molecule is Cc1cc(Nc2ccc(S(=O)(=O)Nc3nccs3)c(F)c2)n(C(C)C2CC2)n1. The van der Waals surface area contributed by atoms with E-state index < -0.39 is 20.7 Å². The van der Waals surface area contributed by atoms with E-state index in [-0.39, 0.29) is 11.2 Å². The number of aromatic nitrogens is 3. The molecule has 1 aliphatic carbocycles. The normalized spacial score (nSPS) is 15.4. The number of benzene rings is 1. The highest BCUT2D eigenvalue weighted by Gasteiger charge is 2.31. The van der Waals surface area contributed by atoms with Gasteiger partial charge < -0.3 is 5.32 Å². The largest absolute Gasteiger partial charge is 0.340 e. The molecule has 1 unspecified atom stereocenters. The van der Waals surface area contributed by atoms with Crippen molar-refractivity contribution >= 4 is 38.0 Å². The van der Waals surface area contributed by atoms with Gasteiger partial charge in [0.15, 0.2) is 5.13 Å². The third-order valence-electron chi connectivity index (χ3n) is 4.70. The number of halogens is 1. The van der Waals surface area contributed by atoms with Gasteiger partial charge in [-0.15, -0.1) is 11.3 Å². The van der Waals surface area contributed by atoms with E-state index in [0.29, 0.717) is 11.6 Å². The molecule has 0 amide bonds. The molecule has 0 saturated heterocycles. The Morgan fingerprint density at radius 2 is 2.11 bits per heavy atom. The molecule has 148 valence electrons. The van der Waals surface area contributed by atoms with Crippen molar-refractivity contribution in [2.24, 2.45) is 5.92 Å². The molecule has 0 spiro atoms. The molecule has 7 nitrogen and oxygen atoms in total. The Bertz CT molecular complexity index is 1090. The van der Waals surface area contributed by atoms with Crippen LogP contribution in [-0.4, -0.2) is 23.2 Å². The Labute approximate surface area is 166 Å². The van der Waals surface area contributed by atoms with E-state index in [9.17, 15) is 12.8 Å². The lowest BCUT2D eigenvalue weighted by molar-refractivity contribution is 0.444. The van der Waals surface area contributed by atoms with Crippen molar-refractivity contribution in [2.75, 3.05) is 10.0 Å². The molecule has 1 aromatic carbocycles. The number of hydrogen-bond acceptors (Lipinski definition) is 6. The van der Waals surface area contributed by atoms with Gasteiger partial charge in [-0.05, 0) is 50.8 Å². The van der Waals surface area contributed by atoms with Crippen LogP contribution >= 0.6 is 11.3 Å². The van der Waals surface area contributed by atoms with Crippen LogP contribution in [0.1, 0.15) is 31.5 Å². The summed E-state index contributed by atoms with van der Waals surface area (Å²) >= 11 is 1.12. The summed E-state index contributed by atoms with van der Waals surface area (Å²) in [5.74, 6) is 0.529. The second-order valence-electron chi connectivity index (χ2n) is 6.91. The molecule has 0 bridgehead atoms. The molecule has 1 saturated carbocycles. The van der Waals surface area contributed by atoms with Gasteiger partial charge in [0.2, 0.25) is 0 Å². The predicted octanol–water partition coefficient (Wildman–Crippen LogP) is 4.30. The van der Waals surface area contributed by atoms with E-state index in [2.05, 4.69) is 27.0 Å². The highest BCUT2D eigenvalue weighted by atomic mass is 32.2. The lowest BCUT2D eigenvalue weighted by Gasteiger charge is -2.16. The standard InChI is InChI=1S/C18H20FN5O2S2/c1-11-9-17(24(22-11)12(2)13-3-4-13)21-14-5-6-16(15(19)10-14)28(25,26)23-18-20-7-8-27-18/h5-10,12-13,21H,3-4H2,1-2H3,(H,20,23). The Kier molecular flexibility index (Phi) is 4.84. The monoisotopic (exact) mass is 421 g/mol. The van der Waals surface area contributed by atoms with Crippen LogP contribution in [0.15, 0.2) is 40.7 Å². The smallest absolute Gasteiger partial charge is 0.266 e. The zero-order valence-corrected chi connectivity index (χ0v) is 17.0. The fraction of sp³-hybridized carbons (Fsp3) is 0.333. The first-order valence-corrected chi connectivity index (χ1v) is 11.2. The summed E-state index contributed by atoms with van der Waals surface area (Å²) < 4.78 is 43.6. The molecule has 4 rings (SSSR count). The van der Waals surface area contributed by atoms with Crippen LogP contribution in [0.3, 0.4) is 0 Å². The Morgan fingerprint density at radius 1 is 1.32 bits per heavy atom. The fourth-order valence-corrected chi connectivity index (χ4v) is 4.94. The molecule has 1 aliphatic rings. The lowest BCUT2D eigenvalue weighted by Crippen LogP contribution is -2.15.